The van der Waals surface area contributed by atoms with Gasteiger partial charge in [-0.15, -0.1) is 0 Å². The minimum Gasteiger partial charge on any atom is -0.382 e. The summed E-state index contributed by atoms with van der Waals surface area (Å²) >= 11 is 0. The number of sulfonamides is 1. The summed E-state index contributed by atoms with van der Waals surface area (Å²) in [4.78, 5) is 0.307. The fourth-order valence-electron chi connectivity index (χ4n) is 2.72. The molecule has 0 bridgehead atoms. The van der Waals surface area contributed by atoms with Gasteiger partial charge >= 0.3 is 0 Å². The van der Waals surface area contributed by atoms with Crippen molar-refractivity contribution in [1.82, 2.24) is 0 Å². The molecule has 1 heterocycles. The zero-order valence-corrected chi connectivity index (χ0v) is 13.6. The molecule has 0 radical (unpaired) electrons. The number of fused-ring (bicyclic) bond motifs is 1. The second kappa shape index (κ2) is 5.65. The number of rotatable bonds is 4. The van der Waals surface area contributed by atoms with Crippen molar-refractivity contribution in [1.29, 1.82) is 0 Å². The van der Waals surface area contributed by atoms with Crippen LogP contribution in [0.4, 0.5) is 11.4 Å². The molecule has 2 aromatic carbocycles. The molecule has 0 saturated carbocycles. The average Bonchev–Trinajstić information content (AvgIpc) is 2.86. The summed E-state index contributed by atoms with van der Waals surface area (Å²) in [5, 5.41) is 3.32. The third-order valence-electron chi connectivity index (χ3n) is 3.93. The summed E-state index contributed by atoms with van der Waals surface area (Å²) in [6.45, 7) is 4.15. The van der Waals surface area contributed by atoms with E-state index < -0.39 is 10.0 Å². The van der Waals surface area contributed by atoms with E-state index in [1.807, 2.05) is 18.2 Å². The SMILES string of the molecule is CCc1ccc(NS(=O)(=O)c2ccc3c(c2)C[C@@H](C)N3)cc1. The topological polar surface area (TPSA) is 58.2 Å². The van der Waals surface area contributed by atoms with Crippen molar-refractivity contribution in [3.8, 4) is 0 Å². The second-order valence-electron chi connectivity index (χ2n) is 5.72. The monoisotopic (exact) mass is 316 g/mol. The Hall–Kier alpha value is -2.01. The molecule has 2 aromatic rings. The molecule has 3 rings (SSSR count). The van der Waals surface area contributed by atoms with Crippen molar-refractivity contribution < 1.29 is 8.42 Å². The molecule has 0 aliphatic carbocycles. The van der Waals surface area contributed by atoms with Crippen LogP contribution in [0.3, 0.4) is 0 Å². The largest absolute Gasteiger partial charge is 0.382 e. The van der Waals surface area contributed by atoms with Crippen molar-refractivity contribution in [3.05, 3.63) is 53.6 Å². The molecule has 116 valence electrons. The van der Waals surface area contributed by atoms with Gasteiger partial charge in [-0.25, -0.2) is 8.42 Å². The smallest absolute Gasteiger partial charge is 0.261 e. The maximum atomic E-state index is 12.5. The van der Waals surface area contributed by atoms with Gasteiger partial charge in [0.1, 0.15) is 0 Å². The summed E-state index contributed by atoms with van der Waals surface area (Å²) in [5.74, 6) is 0. The predicted molar refractivity (Wildman–Crippen MR) is 89.9 cm³/mol. The normalized spacial score (nSPS) is 16.9. The van der Waals surface area contributed by atoms with Crippen LogP contribution in [0.2, 0.25) is 0 Å². The predicted octanol–water partition coefficient (Wildman–Crippen LogP) is 3.41. The highest BCUT2D eigenvalue weighted by Gasteiger charge is 2.21. The lowest BCUT2D eigenvalue weighted by Gasteiger charge is -2.10. The summed E-state index contributed by atoms with van der Waals surface area (Å²) in [6.07, 6.45) is 1.78. The number of aryl methyl sites for hydroxylation is 1. The Balaban J connectivity index is 1.85. The van der Waals surface area contributed by atoms with Crippen LogP contribution >= 0.6 is 0 Å². The molecule has 0 fully saturated rings. The zero-order chi connectivity index (χ0) is 15.7. The van der Waals surface area contributed by atoms with Crippen LogP contribution < -0.4 is 10.0 Å². The fraction of sp³-hybridized carbons (Fsp3) is 0.294. The third kappa shape index (κ3) is 2.95. The Bertz CT molecular complexity index is 783. The number of benzene rings is 2. The van der Waals surface area contributed by atoms with Gasteiger partial charge < -0.3 is 5.32 Å². The highest BCUT2D eigenvalue weighted by atomic mass is 32.2. The van der Waals surface area contributed by atoms with E-state index in [4.69, 9.17) is 0 Å². The highest BCUT2D eigenvalue weighted by molar-refractivity contribution is 7.92. The molecular weight excluding hydrogens is 296 g/mol. The number of hydrogen-bond donors (Lipinski definition) is 2. The van der Waals surface area contributed by atoms with Gasteiger partial charge in [-0.05, 0) is 61.2 Å². The summed E-state index contributed by atoms with van der Waals surface area (Å²) < 4.78 is 27.7. The van der Waals surface area contributed by atoms with Gasteiger partial charge in [0.25, 0.3) is 10.0 Å². The van der Waals surface area contributed by atoms with E-state index in [0.717, 1.165) is 24.1 Å². The molecule has 0 spiro atoms. The molecule has 1 aliphatic heterocycles. The Kier molecular flexibility index (Phi) is 3.83. The Morgan fingerprint density at radius 3 is 2.59 bits per heavy atom. The van der Waals surface area contributed by atoms with Gasteiger partial charge in [0.2, 0.25) is 0 Å². The first-order valence-electron chi connectivity index (χ1n) is 7.49. The van der Waals surface area contributed by atoms with Crippen molar-refractivity contribution >= 4 is 21.4 Å². The lowest BCUT2D eigenvalue weighted by atomic mass is 10.1. The Labute approximate surface area is 131 Å². The van der Waals surface area contributed by atoms with Crippen LogP contribution in [-0.4, -0.2) is 14.5 Å². The maximum Gasteiger partial charge on any atom is 0.261 e. The van der Waals surface area contributed by atoms with Crippen LogP contribution in [-0.2, 0) is 22.9 Å². The van der Waals surface area contributed by atoms with Gasteiger partial charge in [-0.1, -0.05) is 19.1 Å². The minimum atomic E-state index is -3.55. The number of anilines is 2. The van der Waals surface area contributed by atoms with Crippen molar-refractivity contribution in [2.75, 3.05) is 10.0 Å². The summed E-state index contributed by atoms with van der Waals surface area (Å²) in [5.41, 5.74) is 3.85. The van der Waals surface area contributed by atoms with Crippen molar-refractivity contribution in [2.24, 2.45) is 0 Å². The minimum absolute atomic E-state index is 0.307. The molecule has 1 atom stereocenters. The third-order valence-corrected chi connectivity index (χ3v) is 5.31. The van der Waals surface area contributed by atoms with E-state index in [1.54, 1.807) is 24.3 Å². The van der Waals surface area contributed by atoms with Gasteiger partial charge in [-0.2, -0.15) is 0 Å². The van der Waals surface area contributed by atoms with Gasteiger partial charge in [0.05, 0.1) is 4.90 Å². The first kappa shape index (κ1) is 14.9. The molecule has 1 aliphatic rings. The van der Waals surface area contributed by atoms with Crippen molar-refractivity contribution in [2.45, 2.75) is 37.6 Å². The molecule has 5 heteroatoms. The van der Waals surface area contributed by atoms with Crippen LogP contribution in [0.5, 0.6) is 0 Å². The Morgan fingerprint density at radius 1 is 1.18 bits per heavy atom. The second-order valence-corrected chi connectivity index (χ2v) is 7.41. The average molecular weight is 316 g/mol. The number of nitrogens with one attached hydrogen (secondary N) is 2. The van der Waals surface area contributed by atoms with E-state index in [1.165, 1.54) is 5.56 Å². The molecule has 0 amide bonds. The zero-order valence-electron chi connectivity index (χ0n) is 12.8. The maximum absolute atomic E-state index is 12.5. The van der Waals surface area contributed by atoms with Gasteiger partial charge in [0.15, 0.2) is 0 Å². The molecule has 2 N–H and O–H groups in total. The molecule has 22 heavy (non-hydrogen) atoms. The summed E-state index contributed by atoms with van der Waals surface area (Å²) in [7, 11) is -3.55. The van der Waals surface area contributed by atoms with E-state index in [9.17, 15) is 8.42 Å². The number of hydrogen-bond acceptors (Lipinski definition) is 3. The van der Waals surface area contributed by atoms with Crippen LogP contribution in [0.25, 0.3) is 0 Å². The quantitative estimate of drug-likeness (QED) is 0.909. The molecular formula is C17H20N2O2S. The van der Waals surface area contributed by atoms with Crippen molar-refractivity contribution in [3.63, 3.8) is 0 Å². The lowest BCUT2D eigenvalue weighted by molar-refractivity contribution is 0.601. The standard InChI is InChI=1S/C17H20N2O2S/c1-3-13-4-6-15(7-5-13)19-22(20,21)16-8-9-17-14(11-16)10-12(2)18-17/h4-9,11-12,18-19H,3,10H2,1-2H3/t12-/m1/s1. The first-order valence-corrected chi connectivity index (χ1v) is 8.97. The Morgan fingerprint density at radius 2 is 1.91 bits per heavy atom. The summed E-state index contributed by atoms with van der Waals surface area (Å²) in [6, 6.07) is 13.1. The van der Waals surface area contributed by atoms with Crippen LogP contribution in [0.15, 0.2) is 47.4 Å². The van der Waals surface area contributed by atoms with E-state index in [0.29, 0.717) is 16.6 Å². The molecule has 0 saturated heterocycles. The van der Waals surface area contributed by atoms with Gasteiger partial charge in [0, 0.05) is 17.4 Å². The van der Waals surface area contributed by atoms with E-state index >= 15 is 0 Å². The van der Waals surface area contributed by atoms with E-state index in [-0.39, 0.29) is 0 Å². The molecule has 0 aromatic heterocycles. The van der Waals surface area contributed by atoms with Gasteiger partial charge in [-0.3, -0.25) is 4.72 Å². The van der Waals surface area contributed by atoms with E-state index in [2.05, 4.69) is 23.9 Å². The molecule has 4 nitrogen and oxygen atoms in total. The fourth-order valence-corrected chi connectivity index (χ4v) is 3.82. The first-order chi connectivity index (χ1) is 10.5. The lowest BCUT2D eigenvalue weighted by Crippen LogP contribution is -2.13. The molecule has 0 unspecified atom stereocenters. The van der Waals surface area contributed by atoms with Crippen LogP contribution in [0.1, 0.15) is 25.0 Å². The highest BCUT2D eigenvalue weighted by Crippen LogP contribution is 2.28. The van der Waals surface area contributed by atoms with Crippen LogP contribution in [0, 0.1) is 0 Å².